The van der Waals surface area contributed by atoms with Gasteiger partial charge in [-0.15, -0.1) is 0 Å². The molecular weight excluding hydrogens is 372 g/mol. The van der Waals surface area contributed by atoms with Gasteiger partial charge in [-0.25, -0.2) is 4.79 Å². The topological polar surface area (TPSA) is 81.0 Å². The molecule has 150 valence electrons. The Balaban J connectivity index is 1.60. The van der Waals surface area contributed by atoms with E-state index in [1.807, 2.05) is 36.4 Å². The zero-order valence-corrected chi connectivity index (χ0v) is 16.1. The number of para-hydroxylation sites is 1. The lowest BCUT2D eigenvalue weighted by molar-refractivity contribution is 0.0303. The molecule has 1 fully saturated rings. The normalized spacial score (nSPS) is 14.0. The van der Waals surface area contributed by atoms with Gasteiger partial charge in [0.1, 0.15) is 11.3 Å². The van der Waals surface area contributed by atoms with Gasteiger partial charge in [-0.1, -0.05) is 12.1 Å². The molecule has 1 aliphatic rings. The average Bonchev–Trinajstić information content (AvgIpc) is 2.77. The van der Waals surface area contributed by atoms with E-state index < -0.39 is 5.63 Å². The molecule has 0 spiro atoms. The number of nitrogens with one attached hydrogen (secondary N) is 1. The van der Waals surface area contributed by atoms with Gasteiger partial charge in [-0.2, -0.15) is 0 Å². The second-order valence-corrected chi connectivity index (χ2v) is 6.76. The van der Waals surface area contributed by atoms with Crippen molar-refractivity contribution >= 4 is 22.6 Å². The number of ether oxygens (including phenoxy) is 2. The van der Waals surface area contributed by atoms with Gasteiger partial charge in [0.25, 0.3) is 5.91 Å². The van der Waals surface area contributed by atoms with Gasteiger partial charge in [0.15, 0.2) is 0 Å². The molecular formula is C22H22N2O5. The summed E-state index contributed by atoms with van der Waals surface area (Å²) in [5, 5.41) is 4.12. The minimum Gasteiger partial charge on any atom is -0.497 e. The van der Waals surface area contributed by atoms with E-state index in [0.717, 1.165) is 16.6 Å². The Morgan fingerprint density at radius 3 is 2.72 bits per heavy atom. The van der Waals surface area contributed by atoms with E-state index in [1.54, 1.807) is 18.1 Å². The number of rotatable bonds is 5. The minimum atomic E-state index is -0.430. The fourth-order valence-corrected chi connectivity index (χ4v) is 3.43. The van der Waals surface area contributed by atoms with Gasteiger partial charge in [0, 0.05) is 42.8 Å². The van der Waals surface area contributed by atoms with Crippen LogP contribution in [0.3, 0.4) is 0 Å². The van der Waals surface area contributed by atoms with Gasteiger partial charge >= 0.3 is 5.63 Å². The summed E-state index contributed by atoms with van der Waals surface area (Å²) in [5.74, 6) is 0.589. The number of amides is 1. The smallest absolute Gasteiger partial charge is 0.336 e. The van der Waals surface area contributed by atoms with Crippen LogP contribution in [0.25, 0.3) is 11.0 Å². The number of nitrogens with zero attached hydrogens (tertiary/aromatic N) is 1. The summed E-state index contributed by atoms with van der Waals surface area (Å²) in [6.07, 6.45) is 0. The molecule has 7 heteroatoms. The molecule has 2 heterocycles. The van der Waals surface area contributed by atoms with E-state index in [0.29, 0.717) is 49.7 Å². The third kappa shape index (κ3) is 4.09. The van der Waals surface area contributed by atoms with Crippen molar-refractivity contribution in [2.45, 2.75) is 6.54 Å². The molecule has 1 N–H and O–H groups in total. The van der Waals surface area contributed by atoms with E-state index in [-0.39, 0.29) is 5.91 Å². The van der Waals surface area contributed by atoms with Crippen LogP contribution in [0, 0.1) is 0 Å². The number of methoxy groups -OCH3 is 1. The highest BCUT2D eigenvalue weighted by atomic mass is 16.5. The number of hydrogen-bond acceptors (Lipinski definition) is 6. The predicted octanol–water partition coefficient (Wildman–Crippen LogP) is 2.89. The maximum absolute atomic E-state index is 12.9. The van der Waals surface area contributed by atoms with Crippen LogP contribution in [-0.2, 0) is 11.3 Å². The highest BCUT2D eigenvalue weighted by Gasteiger charge is 2.21. The van der Waals surface area contributed by atoms with E-state index in [4.69, 9.17) is 13.9 Å². The molecule has 4 rings (SSSR count). The lowest BCUT2D eigenvalue weighted by Gasteiger charge is -2.27. The van der Waals surface area contributed by atoms with Crippen LogP contribution in [0.1, 0.15) is 15.9 Å². The lowest BCUT2D eigenvalue weighted by atomic mass is 10.1. The Kier molecular flexibility index (Phi) is 5.48. The molecule has 1 aliphatic heterocycles. The predicted molar refractivity (Wildman–Crippen MR) is 110 cm³/mol. The number of anilines is 1. The fourth-order valence-electron chi connectivity index (χ4n) is 3.43. The second kappa shape index (κ2) is 8.36. The van der Waals surface area contributed by atoms with Crippen molar-refractivity contribution in [3.05, 3.63) is 70.1 Å². The van der Waals surface area contributed by atoms with Crippen molar-refractivity contribution < 1.29 is 18.7 Å². The first-order valence-corrected chi connectivity index (χ1v) is 9.46. The Bertz CT molecular complexity index is 1090. The van der Waals surface area contributed by atoms with Crippen LogP contribution >= 0.6 is 0 Å². The van der Waals surface area contributed by atoms with E-state index >= 15 is 0 Å². The molecule has 0 atom stereocenters. The van der Waals surface area contributed by atoms with Gasteiger partial charge in [0.2, 0.25) is 0 Å². The number of hydrogen-bond donors (Lipinski definition) is 1. The van der Waals surface area contributed by atoms with E-state index in [1.165, 1.54) is 6.07 Å². The van der Waals surface area contributed by atoms with Gasteiger partial charge < -0.3 is 24.1 Å². The van der Waals surface area contributed by atoms with E-state index in [9.17, 15) is 9.59 Å². The minimum absolute atomic E-state index is 0.0291. The number of carbonyl (C=O) groups excluding carboxylic acids is 1. The Hall–Kier alpha value is -3.32. The molecule has 7 nitrogen and oxygen atoms in total. The number of fused-ring (bicyclic) bond motifs is 1. The van der Waals surface area contributed by atoms with Crippen molar-refractivity contribution in [2.24, 2.45) is 0 Å². The van der Waals surface area contributed by atoms with Crippen LogP contribution in [0.2, 0.25) is 0 Å². The molecule has 2 aromatic carbocycles. The van der Waals surface area contributed by atoms with Crippen molar-refractivity contribution in [2.75, 3.05) is 38.7 Å². The molecule has 0 saturated carbocycles. The monoisotopic (exact) mass is 394 g/mol. The fraction of sp³-hybridized carbons (Fsp3) is 0.273. The summed E-state index contributed by atoms with van der Waals surface area (Å²) in [5.41, 5.74) is 2.14. The van der Waals surface area contributed by atoms with Gasteiger partial charge in [-0.05, 0) is 29.8 Å². The maximum Gasteiger partial charge on any atom is 0.336 e. The number of benzene rings is 2. The number of morpholine rings is 1. The Morgan fingerprint density at radius 1 is 1.14 bits per heavy atom. The molecule has 29 heavy (non-hydrogen) atoms. The molecule has 1 amide bonds. The highest BCUT2D eigenvalue weighted by molar-refractivity contribution is 5.99. The summed E-state index contributed by atoms with van der Waals surface area (Å²) >= 11 is 0. The third-order valence-electron chi connectivity index (χ3n) is 4.96. The average molecular weight is 394 g/mol. The summed E-state index contributed by atoms with van der Waals surface area (Å²) in [6.45, 7) is 2.65. The lowest BCUT2D eigenvalue weighted by Crippen LogP contribution is -2.40. The Morgan fingerprint density at radius 2 is 1.93 bits per heavy atom. The Labute approximate surface area is 167 Å². The molecule has 0 radical (unpaired) electrons. The third-order valence-corrected chi connectivity index (χ3v) is 4.96. The van der Waals surface area contributed by atoms with Crippen LogP contribution in [0.4, 0.5) is 5.69 Å². The van der Waals surface area contributed by atoms with Crippen LogP contribution in [0.5, 0.6) is 5.75 Å². The largest absolute Gasteiger partial charge is 0.497 e. The van der Waals surface area contributed by atoms with Crippen LogP contribution in [-0.4, -0.2) is 44.2 Å². The molecule has 1 saturated heterocycles. The molecule has 0 unspecified atom stereocenters. The SMILES string of the molecule is COc1ccc2c(CNc3ccccc3C(=O)N3CCOCC3)cc(=O)oc2c1. The first kappa shape index (κ1) is 19.0. The van der Waals surface area contributed by atoms with E-state index in [2.05, 4.69) is 5.32 Å². The summed E-state index contributed by atoms with van der Waals surface area (Å²) < 4.78 is 15.8. The summed E-state index contributed by atoms with van der Waals surface area (Å²) in [4.78, 5) is 26.7. The molecule has 3 aromatic rings. The second-order valence-electron chi connectivity index (χ2n) is 6.76. The summed E-state index contributed by atoms with van der Waals surface area (Å²) in [6, 6.07) is 14.2. The zero-order valence-electron chi connectivity index (χ0n) is 16.1. The van der Waals surface area contributed by atoms with Crippen molar-refractivity contribution in [1.82, 2.24) is 4.90 Å². The number of carbonyl (C=O) groups is 1. The molecule has 0 bridgehead atoms. The molecule has 0 aliphatic carbocycles. The zero-order chi connectivity index (χ0) is 20.2. The first-order chi connectivity index (χ1) is 14.2. The highest BCUT2D eigenvalue weighted by Crippen LogP contribution is 2.24. The van der Waals surface area contributed by atoms with Crippen LogP contribution < -0.4 is 15.7 Å². The maximum atomic E-state index is 12.9. The summed E-state index contributed by atoms with van der Waals surface area (Å²) in [7, 11) is 1.56. The quantitative estimate of drug-likeness (QED) is 0.670. The van der Waals surface area contributed by atoms with Crippen molar-refractivity contribution in [3.8, 4) is 5.75 Å². The molecule has 1 aromatic heterocycles. The van der Waals surface area contributed by atoms with Crippen LogP contribution in [0.15, 0.2) is 57.7 Å². The van der Waals surface area contributed by atoms with Gasteiger partial charge in [0.05, 0.1) is 25.9 Å². The van der Waals surface area contributed by atoms with Crippen molar-refractivity contribution in [3.63, 3.8) is 0 Å². The first-order valence-electron chi connectivity index (χ1n) is 9.46. The standard InChI is InChI=1S/C22H22N2O5/c1-27-16-6-7-17-15(12-21(25)29-20(17)13-16)14-23-19-5-3-2-4-18(19)22(26)24-8-10-28-11-9-24/h2-7,12-13,23H,8-11,14H2,1H3. The van der Waals surface area contributed by atoms with Gasteiger partial charge in [-0.3, -0.25) is 4.79 Å². The van der Waals surface area contributed by atoms with Crippen molar-refractivity contribution in [1.29, 1.82) is 0 Å².